The van der Waals surface area contributed by atoms with Gasteiger partial charge in [0.05, 0.1) is 41.8 Å². The number of hydrogen-bond donors (Lipinski definition) is 2. The molecule has 1 amide bonds. The second-order valence-electron chi connectivity index (χ2n) is 10.3. The minimum atomic E-state index is -2.73. The van der Waals surface area contributed by atoms with Gasteiger partial charge in [-0.3, -0.25) is 4.79 Å². The third kappa shape index (κ3) is 5.99. The number of carbonyl (C=O) groups excluding carboxylic acids is 1. The Bertz CT molecular complexity index is 1060. The Labute approximate surface area is 209 Å². The molecule has 0 aliphatic carbocycles. The molecule has 0 saturated carbocycles. The van der Waals surface area contributed by atoms with Gasteiger partial charge in [0.2, 0.25) is 11.8 Å². The summed E-state index contributed by atoms with van der Waals surface area (Å²) in [6.45, 7) is 4.45. The first-order chi connectivity index (χ1) is 17.1. The van der Waals surface area contributed by atoms with Crippen LogP contribution in [0.2, 0.25) is 0 Å². The molecule has 2 saturated heterocycles. The van der Waals surface area contributed by atoms with Crippen LogP contribution in [-0.2, 0) is 16.0 Å². The maximum absolute atomic E-state index is 15.6. The number of aromatic nitrogens is 4. The van der Waals surface area contributed by atoms with E-state index in [4.69, 9.17) is 14.8 Å². The topological polar surface area (TPSA) is 93.4 Å². The minimum absolute atomic E-state index is 0.0356. The molecule has 200 valence electrons. The van der Waals surface area contributed by atoms with Crippen LogP contribution < -0.4 is 10.6 Å². The molecular formula is C25H37F3N6O2. The molecule has 2 aliphatic rings. The lowest BCUT2D eigenvalue weighted by Crippen LogP contribution is -2.40. The molecule has 0 bridgehead atoms. The molecule has 4 heterocycles. The Balaban J connectivity index is 1.68. The third-order valence-corrected chi connectivity index (χ3v) is 7.47. The largest absolute Gasteiger partial charge is 0.381 e. The van der Waals surface area contributed by atoms with Gasteiger partial charge in [-0.2, -0.15) is 5.10 Å². The van der Waals surface area contributed by atoms with Crippen LogP contribution in [0.25, 0.3) is 5.78 Å². The summed E-state index contributed by atoms with van der Waals surface area (Å²) >= 11 is 0. The fraction of sp³-hybridized carbons (Fsp3) is 0.760. The van der Waals surface area contributed by atoms with Gasteiger partial charge in [0.15, 0.2) is 0 Å². The molecule has 2 aromatic heterocycles. The van der Waals surface area contributed by atoms with Crippen LogP contribution in [0, 0.1) is 5.92 Å². The van der Waals surface area contributed by atoms with Crippen molar-refractivity contribution in [3.63, 3.8) is 0 Å². The number of rotatable bonds is 10. The Morgan fingerprint density at radius 2 is 2.17 bits per heavy atom. The van der Waals surface area contributed by atoms with Gasteiger partial charge in [0.25, 0.3) is 5.78 Å². The number of nitrogens with one attached hydrogen (secondary N) is 2. The highest BCUT2D eigenvalue weighted by molar-refractivity contribution is 5.79. The van der Waals surface area contributed by atoms with Gasteiger partial charge in [-0.05, 0) is 33.2 Å². The van der Waals surface area contributed by atoms with Crippen molar-refractivity contribution in [3.05, 3.63) is 23.3 Å². The summed E-state index contributed by atoms with van der Waals surface area (Å²) < 4.78 is 50.9. The maximum atomic E-state index is 15.6. The van der Waals surface area contributed by atoms with Crippen molar-refractivity contribution in [3.8, 4) is 0 Å². The number of ether oxygens (including phenoxy) is 1. The fourth-order valence-electron chi connectivity index (χ4n) is 5.21. The minimum Gasteiger partial charge on any atom is -0.381 e. The predicted molar refractivity (Wildman–Crippen MR) is 129 cm³/mol. The first-order valence-electron chi connectivity index (χ1n) is 13.0. The van der Waals surface area contributed by atoms with Gasteiger partial charge < -0.3 is 15.4 Å². The normalized spacial score (nSPS) is 26.2. The van der Waals surface area contributed by atoms with Crippen LogP contribution in [0.4, 0.5) is 13.2 Å². The van der Waals surface area contributed by atoms with Crippen molar-refractivity contribution in [1.29, 1.82) is 0 Å². The molecule has 2 aliphatic heterocycles. The Morgan fingerprint density at radius 3 is 2.86 bits per heavy atom. The van der Waals surface area contributed by atoms with Crippen molar-refractivity contribution >= 4 is 11.7 Å². The van der Waals surface area contributed by atoms with Crippen LogP contribution in [0.3, 0.4) is 0 Å². The summed E-state index contributed by atoms with van der Waals surface area (Å²) in [6, 6.07) is -0.406. The number of imidazole rings is 1. The molecule has 4 unspecified atom stereocenters. The molecule has 8 nitrogen and oxygen atoms in total. The van der Waals surface area contributed by atoms with E-state index in [0.717, 1.165) is 12.8 Å². The zero-order chi connectivity index (χ0) is 25.9. The van der Waals surface area contributed by atoms with Gasteiger partial charge in [0.1, 0.15) is 5.67 Å². The standard InChI is InChI=1S/C25H37F3N6O2/c1-4-8-25(27,28)9-7-18(29-3)20-14-34-23(31-20)32-21(17-15-36-12-10-24(17,2)26)19(33-34)13-16-6-5-11-30-22(16)35/h14,16-18,29H,4-13,15H2,1-3H3,(H,30,35). The predicted octanol–water partition coefficient (Wildman–Crippen LogP) is 3.90. The molecule has 36 heavy (non-hydrogen) atoms. The van der Waals surface area contributed by atoms with Crippen LogP contribution >= 0.6 is 0 Å². The highest BCUT2D eigenvalue weighted by atomic mass is 19.3. The molecule has 4 atom stereocenters. The highest BCUT2D eigenvalue weighted by Crippen LogP contribution is 2.39. The number of amides is 1. The first kappa shape index (κ1) is 26.8. The molecule has 0 radical (unpaired) electrons. The molecule has 2 fully saturated rings. The summed E-state index contributed by atoms with van der Waals surface area (Å²) in [6.07, 6.45) is 4.07. The number of carbonyl (C=O) groups is 1. The van der Waals surface area contributed by atoms with Gasteiger partial charge in [-0.15, -0.1) is 0 Å². The lowest BCUT2D eigenvalue weighted by atomic mass is 9.82. The van der Waals surface area contributed by atoms with Gasteiger partial charge in [-0.25, -0.2) is 27.7 Å². The maximum Gasteiger partial charge on any atom is 0.251 e. The first-order valence-corrected chi connectivity index (χ1v) is 13.0. The highest BCUT2D eigenvalue weighted by Gasteiger charge is 2.42. The van der Waals surface area contributed by atoms with E-state index in [1.807, 2.05) is 0 Å². The molecule has 2 N–H and O–H groups in total. The number of piperidine rings is 1. The van der Waals surface area contributed by atoms with E-state index in [1.54, 1.807) is 27.1 Å². The number of nitrogens with zero attached hydrogens (tertiary/aromatic N) is 4. The lowest BCUT2D eigenvalue weighted by molar-refractivity contribution is -0.126. The Hall–Kier alpha value is -2.27. The van der Waals surface area contributed by atoms with E-state index < -0.39 is 23.6 Å². The quantitative estimate of drug-likeness (QED) is 0.504. The average Bonchev–Trinajstić information content (AvgIpc) is 3.23. The van der Waals surface area contributed by atoms with E-state index in [0.29, 0.717) is 43.1 Å². The summed E-state index contributed by atoms with van der Waals surface area (Å²) in [4.78, 5) is 21.8. The molecule has 0 aromatic carbocycles. The van der Waals surface area contributed by atoms with Crippen molar-refractivity contribution < 1.29 is 22.7 Å². The zero-order valence-corrected chi connectivity index (χ0v) is 21.3. The molecule has 11 heteroatoms. The molecule has 2 aromatic rings. The summed E-state index contributed by atoms with van der Waals surface area (Å²) in [5, 5.41) is 10.7. The van der Waals surface area contributed by atoms with Gasteiger partial charge in [-0.1, -0.05) is 13.3 Å². The smallest absolute Gasteiger partial charge is 0.251 e. The second kappa shape index (κ2) is 11.0. The van der Waals surface area contributed by atoms with Crippen molar-refractivity contribution in [2.45, 2.75) is 88.8 Å². The average molecular weight is 511 g/mol. The van der Waals surface area contributed by atoms with Crippen molar-refractivity contribution in [1.82, 2.24) is 30.2 Å². The number of alkyl halides is 3. The van der Waals surface area contributed by atoms with E-state index in [-0.39, 0.29) is 49.9 Å². The summed E-state index contributed by atoms with van der Waals surface area (Å²) in [7, 11) is 1.71. The summed E-state index contributed by atoms with van der Waals surface area (Å²) in [5.41, 5.74) is 0.00983. The fourth-order valence-corrected chi connectivity index (χ4v) is 5.21. The van der Waals surface area contributed by atoms with E-state index in [9.17, 15) is 13.6 Å². The summed E-state index contributed by atoms with van der Waals surface area (Å²) in [5.74, 6) is -3.40. The monoisotopic (exact) mass is 510 g/mol. The van der Waals surface area contributed by atoms with E-state index >= 15 is 4.39 Å². The van der Waals surface area contributed by atoms with E-state index in [1.165, 1.54) is 4.52 Å². The van der Waals surface area contributed by atoms with Crippen LogP contribution in [0.1, 0.15) is 87.8 Å². The van der Waals surface area contributed by atoms with Gasteiger partial charge >= 0.3 is 0 Å². The lowest BCUT2D eigenvalue weighted by Gasteiger charge is -2.35. The number of halogens is 3. The Morgan fingerprint density at radius 1 is 1.36 bits per heavy atom. The van der Waals surface area contributed by atoms with Crippen LogP contribution in [-0.4, -0.2) is 63.9 Å². The Kier molecular flexibility index (Phi) is 8.18. The van der Waals surface area contributed by atoms with Crippen molar-refractivity contribution in [2.24, 2.45) is 5.92 Å². The van der Waals surface area contributed by atoms with Crippen LogP contribution in [0.15, 0.2) is 6.20 Å². The third-order valence-electron chi connectivity index (χ3n) is 7.47. The molecule has 4 rings (SSSR count). The zero-order valence-electron chi connectivity index (χ0n) is 21.3. The second-order valence-corrected chi connectivity index (χ2v) is 10.3. The number of fused-ring (bicyclic) bond motifs is 1. The van der Waals surface area contributed by atoms with Gasteiger partial charge in [0, 0.05) is 44.8 Å². The SMILES string of the molecule is CCCC(F)(F)CCC(NC)c1cn2nc(CC3CCCNC3=O)c(C3COCCC3(C)F)nc2n1. The number of hydrogen-bond acceptors (Lipinski definition) is 6. The molecular weight excluding hydrogens is 473 g/mol. The molecule has 0 spiro atoms. The van der Waals surface area contributed by atoms with E-state index in [2.05, 4.69) is 15.6 Å². The van der Waals surface area contributed by atoms with Crippen LogP contribution in [0.5, 0.6) is 0 Å². The van der Waals surface area contributed by atoms with Crippen molar-refractivity contribution in [2.75, 3.05) is 26.8 Å².